The Morgan fingerprint density at radius 3 is 1.05 bits per heavy atom. The molecule has 0 aromatic carbocycles. The molecule has 22 heavy (non-hydrogen) atoms. The maximum Gasteiger partial charge on any atom is 0.328 e. The third-order valence-corrected chi connectivity index (χ3v) is 7.08. The summed E-state index contributed by atoms with van der Waals surface area (Å²) in [7, 11) is -17.5. The minimum Gasteiger partial charge on any atom is -0.324 e. The smallest absolute Gasteiger partial charge is 0.324 e. The Balaban J connectivity index is 4.10. The van der Waals surface area contributed by atoms with Crippen LogP contribution in [-0.2, 0) is 27.3 Å². The fourth-order valence-electron chi connectivity index (χ4n) is 1.00. The van der Waals surface area contributed by atoms with Crippen LogP contribution in [0.4, 0.5) is 0 Å². The molecule has 12 nitrogen and oxygen atoms in total. The lowest BCUT2D eigenvalue weighted by molar-refractivity contribution is 0.181. The quantitative estimate of drug-likeness (QED) is 0.194. The zero-order chi connectivity index (χ0) is 17.7. The van der Waals surface area contributed by atoms with Gasteiger partial charge >= 0.3 is 30.4 Å². The van der Waals surface area contributed by atoms with Gasteiger partial charge in [0.05, 0.1) is 37.9 Å². The lowest BCUT2D eigenvalue weighted by Crippen LogP contribution is -2.07. The summed E-state index contributed by atoms with van der Waals surface area (Å²) in [5.41, 5.74) is 0. The van der Waals surface area contributed by atoms with E-state index in [0.717, 1.165) is 0 Å². The van der Waals surface area contributed by atoms with Crippen molar-refractivity contribution < 1.29 is 56.7 Å². The molecular weight excluding hydrogens is 388 g/mol. The molecule has 0 heterocycles. The zero-order valence-corrected chi connectivity index (χ0v) is 14.7. The van der Waals surface area contributed by atoms with Crippen LogP contribution >= 0.6 is 30.4 Å². The first-order chi connectivity index (χ1) is 9.62. The first-order valence-electron chi connectivity index (χ1n) is 5.64. The van der Waals surface area contributed by atoms with Crippen molar-refractivity contribution in [2.45, 2.75) is 0 Å². The van der Waals surface area contributed by atoms with Crippen LogP contribution in [-0.4, -0.2) is 67.2 Å². The first-order valence-corrected chi connectivity index (χ1v) is 12.8. The van der Waals surface area contributed by atoms with E-state index in [1.807, 2.05) is 0 Å². The summed E-state index contributed by atoms with van der Waals surface area (Å²) in [5, 5.41) is 0. The van der Waals surface area contributed by atoms with E-state index < -0.39 is 68.2 Å². The predicted octanol–water partition coefficient (Wildman–Crippen LogP) is -0.254. The molecule has 0 spiro atoms. The van der Waals surface area contributed by atoms with Gasteiger partial charge in [-0.05, 0) is 0 Å². The third-order valence-electron chi connectivity index (χ3n) is 2.02. The van der Waals surface area contributed by atoms with Crippen molar-refractivity contribution in [3.8, 4) is 0 Å². The Morgan fingerprint density at radius 2 is 0.818 bits per heavy atom. The van der Waals surface area contributed by atoms with Gasteiger partial charge in [-0.25, -0.2) is 0 Å². The molecular formula is C6H18O12P4. The topological polar surface area (TPSA) is 208 Å². The zero-order valence-electron chi connectivity index (χ0n) is 11.2. The second-order valence-electron chi connectivity index (χ2n) is 4.17. The Hall–Kier alpha value is 0.600. The summed E-state index contributed by atoms with van der Waals surface area (Å²) in [6.45, 7) is -1.23. The highest BCUT2D eigenvalue weighted by Crippen LogP contribution is 2.48. The van der Waals surface area contributed by atoms with Crippen molar-refractivity contribution in [3.63, 3.8) is 0 Å². The summed E-state index contributed by atoms with van der Waals surface area (Å²) in [4.78, 5) is 52.6. The summed E-state index contributed by atoms with van der Waals surface area (Å²) in [5.74, 6) is 0. The minimum absolute atomic E-state index is 0.616. The van der Waals surface area contributed by atoms with Gasteiger partial charge in [0.25, 0.3) is 0 Å². The third kappa shape index (κ3) is 14.2. The standard InChI is InChI=1S/C6H18O12P4/c7-19(8,9)3-5-21(13,14)17-1-2-18-22(15,16)6-4-20(10,11)12/h1-6H2,(H,13,14)(H,15,16)(H2,7,8,9)(H2,10,11,12). The van der Waals surface area contributed by atoms with E-state index in [1.165, 1.54) is 0 Å². The highest BCUT2D eigenvalue weighted by molar-refractivity contribution is 7.57. The van der Waals surface area contributed by atoms with Crippen LogP contribution < -0.4 is 0 Å². The summed E-state index contributed by atoms with van der Waals surface area (Å²) in [6, 6.07) is 0. The molecule has 0 aliphatic rings. The van der Waals surface area contributed by atoms with Gasteiger partial charge in [0.1, 0.15) is 0 Å². The highest BCUT2D eigenvalue weighted by atomic mass is 31.2. The average molecular weight is 406 g/mol. The molecule has 0 aliphatic carbocycles. The molecule has 0 radical (unpaired) electrons. The van der Waals surface area contributed by atoms with Gasteiger partial charge in [-0.1, -0.05) is 0 Å². The Kier molecular flexibility index (Phi) is 8.86. The molecule has 0 saturated carbocycles. The molecule has 0 saturated heterocycles. The predicted molar refractivity (Wildman–Crippen MR) is 75.1 cm³/mol. The molecule has 2 atom stereocenters. The van der Waals surface area contributed by atoms with Crippen LogP contribution in [0.25, 0.3) is 0 Å². The van der Waals surface area contributed by atoms with Crippen LogP contribution in [0.3, 0.4) is 0 Å². The average Bonchev–Trinajstić information content (AvgIpc) is 2.29. The van der Waals surface area contributed by atoms with Gasteiger partial charge in [0, 0.05) is 0 Å². The summed E-state index contributed by atoms with van der Waals surface area (Å²) < 4.78 is 52.6. The maximum atomic E-state index is 11.3. The molecule has 16 heteroatoms. The van der Waals surface area contributed by atoms with Gasteiger partial charge in [0.15, 0.2) is 0 Å². The van der Waals surface area contributed by atoms with Crippen molar-refractivity contribution in [1.82, 2.24) is 0 Å². The van der Waals surface area contributed by atoms with E-state index in [1.54, 1.807) is 0 Å². The number of hydrogen-bond acceptors (Lipinski definition) is 6. The van der Waals surface area contributed by atoms with Crippen molar-refractivity contribution in [1.29, 1.82) is 0 Å². The van der Waals surface area contributed by atoms with E-state index in [0.29, 0.717) is 0 Å². The molecule has 0 aromatic rings. The normalized spacial score (nSPS) is 18.6. The second-order valence-corrected chi connectivity index (χ2v) is 11.7. The van der Waals surface area contributed by atoms with Crippen LogP contribution in [0.5, 0.6) is 0 Å². The molecule has 0 rings (SSSR count). The van der Waals surface area contributed by atoms with Gasteiger partial charge in [0.2, 0.25) is 0 Å². The van der Waals surface area contributed by atoms with Crippen molar-refractivity contribution in [3.05, 3.63) is 0 Å². The highest BCUT2D eigenvalue weighted by Gasteiger charge is 2.27. The molecule has 2 unspecified atom stereocenters. The molecule has 134 valence electrons. The molecule has 0 aromatic heterocycles. The van der Waals surface area contributed by atoms with E-state index in [4.69, 9.17) is 19.6 Å². The Morgan fingerprint density at radius 1 is 0.545 bits per heavy atom. The van der Waals surface area contributed by atoms with Gasteiger partial charge in [-0.2, -0.15) is 0 Å². The maximum absolute atomic E-state index is 11.3. The molecule has 6 N–H and O–H groups in total. The van der Waals surface area contributed by atoms with Gasteiger partial charge in [-0.3, -0.25) is 18.3 Å². The van der Waals surface area contributed by atoms with Gasteiger partial charge in [-0.15, -0.1) is 0 Å². The lowest BCUT2D eigenvalue weighted by Gasteiger charge is -2.15. The fraction of sp³-hybridized carbons (Fsp3) is 1.00. The molecule has 0 bridgehead atoms. The van der Waals surface area contributed by atoms with E-state index in [2.05, 4.69) is 9.05 Å². The van der Waals surface area contributed by atoms with Crippen LogP contribution in [0.2, 0.25) is 0 Å². The van der Waals surface area contributed by atoms with Crippen LogP contribution in [0, 0.1) is 0 Å². The summed E-state index contributed by atoms with van der Waals surface area (Å²) in [6.07, 6.45) is -3.32. The Labute approximate surface area is 125 Å². The van der Waals surface area contributed by atoms with E-state index in [9.17, 15) is 28.0 Å². The van der Waals surface area contributed by atoms with Crippen molar-refractivity contribution in [2.24, 2.45) is 0 Å². The second kappa shape index (κ2) is 8.62. The van der Waals surface area contributed by atoms with Crippen LogP contribution in [0.1, 0.15) is 0 Å². The van der Waals surface area contributed by atoms with Crippen molar-refractivity contribution >= 4 is 30.4 Å². The van der Waals surface area contributed by atoms with E-state index >= 15 is 0 Å². The number of hydrogen-bond donors (Lipinski definition) is 6. The number of rotatable bonds is 11. The Bertz CT molecular complexity index is 484. The van der Waals surface area contributed by atoms with Crippen LogP contribution in [0.15, 0.2) is 0 Å². The molecule has 0 fully saturated rings. The monoisotopic (exact) mass is 406 g/mol. The largest absolute Gasteiger partial charge is 0.328 e. The van der Waals surface area contributed by atoms with E-state index in [-0.39, 0.29) is 0 Å². The lowest BCUT2D eigenvalue weighted by atomic mass is 10.8. The SMILES string of the molecule is O=P(O)(O)CCP(=O)(O)OCCOP(=O)(O)CCP(=O)(O)O. The van der Waals surface area contributed by atoms with Crippen molar-refractivity contribution in [2.75, 3.05) is 37.9 Å². The molecule has 0 aliphatic heterocycles. The fourth-order valence-corrected chi connectivity index (χ4v) is 6.09. The minimum atomic E-state index is -4.45. The first kappa shape index (κ1) is 22.6. The molecule has 0 amide bonds. The van der Waals surface area contributed by atoms with Gasteiger partial charge < -0.3 is 38.4 Å². The summed E-state index contributed by atoms with van der Waals surface area (Å²) >= 11 is 0.